The molecule has 0 saturated carbocycles. The molecule has 0 aliphatic rings. The first-order chi connectivity index (χ1) is 14.2. The van der Waals surface area contributed by atoms with Crippen LogP contribution in [0.3, 0.4) is 0 Å². The molecule has 6 heteroatoms. The molecule has 2 aromatic carbocycles. The third-order valence-corrected chi connectivity index (χ3v) is 4.36. The predicted octanol–water partition coefficient (Wildman–Crippen LogP) is 3.73. The summed E-state index contributed by atoms with van der Waals surface area (Å²) in [6.07, 6.45) is 2.23. The molecule has 0 fully saturated rings. The van der Waals surface area contributed by atoms with E-state index in [2.05, 4.69) is 27.0 Å². The number of anilines is 1. The topological polar surface area (TPSA) is 74.8 Å². The summed E-state index contributed by atoms with van der Waals surface area (Å²) >= 11 is 0. The van der Waals surface area contributed by atoms with Crippen LogP contribution in [0.5, 0.6) is 5.75 Å². The van der Waals surface area contributed by atoms with Crippen molar-refractivity contribution >= 4 is 17.6 Å². The van der Waals surface area contributed by atoms with Gasteiger partial charge in [0, 0.05) is 25.2 Å². The highest BCUT2D eigenvalue weighted by Gasteiger charge is 2.04. The summed E-state index contributed by atoms with van der Waals surface area (Å²) in [4.78, 5) is 16.3. The molecule has 29 heavy (non-hydrogen) atoms. The van der Waals surface area contributed by atoms with E-state index in [0.717, 1.165) is 48.9 Å². The number of hydrogen-bond donors (Lipinski definition) is 3. The Kier molecular flexibility index (Phi) is 9.55. The maximum absolute atomic E-state index is 11.7. The fourth-order valence-corrected chi connectivity index (χ4v) is 2.88. The number of carbonyl (C=O) groups excluding carboxylic acids is 1. The molecule has 0 aliphatic heterocycles. The molecule has 0 bridgehead atoms. The second kappa shape index (κ2) is 12.4. The van der Waals surface area contributed by atoms with E-state index in [-0.39, 0.29) is 5.91 Å². The SMILES string of the molecule is CCCC(=O)Nc1ccc(CN=C(NCC)NCCc2ccccc2OC)cc1. The molecule has 0 aromatic heterocycles. The third kappa shape index (κ3) is 7.86. The van der Waals surface area contributed by atoms with Gasteiger partial charge in [-0.2, -0.15) is 0 Å². The van der Waals surface area contributed by atoms with Crippen molar-refractivity contribution in [3.63, 3.8) is 0 Å². The van der Waals surface area contributed by atoms with E-state index in [1.807, 2.05) is 56.3 Å². The van der Waals surface area contributed by atoms with Gasteiger partial charge in [-0.1, -0.05) is 37.3 Å². The molecule has 3 N–H and O–H groups in total. The number of hydrogen-bond acceptors (Lipinski definition) is 3. The highest BCUT2D eigenvalue weighted by molar-refractivity contribution is 5.90. The van der Waals surface area contributed by atoms with Crippen molar-refractivity contribution in [2.45, 2.75) is 39.7 Å². The molecule has 0 saturated heterocycles. The molecule has 0 radical (unpaired) electrons. The minimum atomic E-state index is 0.0481. The maximum atomic E-state index is 11.7. The second-order valence-corrected chi connectivity index (χ2v) is 6.68. The molecular formula is C23H32N4O2. The fourth-order valence-electron chi connectivity index (χ4n) is 2.88. The maximum Gasteiger partial charge on any atom is 0.224 e. The van der Waals surface area contributed by atoms with Crippen LogP contribution in [0.4, 0.5) is 5.69 Å². The van der Waals surface area contributed by atoms with Gasteiger partial charge in [0.1, 0.15) is 5.75 Å². The van der Waals surface area contributed by atoms with Gasteiger partial charge in [0.25, 0.3) is 0 Å². The Morgan fingerprint density at radius 2 is 1.79 bits per heavy atom. The molecule has 6 nitrogen and oxygen atoms in total. The first-order valence-electron chi connectivity index (χ1n) is 10.2. The Bertz CT molecular complexity index is 788. The van der Waals surface area contributed by atoms with Crippen LogP contribution in [0.1, 0.15) is 37.8 Å². The van der Waals surface area contributed by atoms with Gasteiger partial charge in [-0.3, -0.25) is 4.79 Å². The van der Waals surface area contributed by atoms with Gasteiger partial charge in [0.15, 0.2) is 5.96 Å². The van der Waals surface area contributed by atoms with E-state index in [1.54, 1.807) is 7.11 Å². The lowest BCUT2D eigenvalue weighted by Crippen LogP contribution is -2.38. The molecule has 2 rings (SSSR count). The van der Waals surface area contributed by atoms with Crippen molar-refractivity contribution in [1.82, 2.24) is 10.6 Å². The van der Waals surface area contributed by atoms with Crippen LogP contribution in [0.2, 0.25) is 0 Å². The van der Waals surface area contributed by atoms with Crippen molar-refractivity contribution in [3.8, 4) is 5.75 Å². The molecule has 0 unspecified atom stereocenters. The minimum absolute atomic E-state index is 0.0481. The first kappa shape index (κ1) is 22.3. The zero-order valence-electron chi connectivity index (χ0n) is 17.6. The molecule has 1 amide bonds. The van der Waals surface area contributed by atoms with E-state index in [4.69, 9.17) is 4.74 Å². The Hall–Kier alpha value is -3.02. The highest BCUT2D eigenvalue weighted by atomic mass is 16.5. The number of guanidine groups is 1. The third-order valence-electron chi connectivity index (χ3n) is 4.36. The lowest BCUT2D eigenvalue weighted by molar-refractivity contribution is -0.116. The van der Waals surface area contributed by atoms with Crippen LogP contribution < -0.4 is 20.7 Å². The number of amides is 1. The minimum Gasteiger partial charge on any atom is -0.496 e. The summed E-state index contributed by atoms with van der Waals surface area (Å²) in [7, 11) is 1.69. The summed E-state index contributed by atoms with van der Waals surface area (Å²) in [5.74, 6) is 1.73. The van der Waals surface area contributed by atoms with E-state index in [1.165, 1.54) is 5.56 Å². The molecule has 0 spiro atoms. The van der Waals surface area contributed by atoms with Gasteiger partial charge >= 0.3 is 0 Å². The molecule has 0 aliphatic carbocycles. The van der Waals surface area contributed by atoms with Crippen molar-refractivity contribution < 1.29 is 9.53 Å². The molecular weight excluding hydrogens is 364 g/mol. The highest BCUT2D eigenvalue weighted by Crippen LogP contribution is 2.17. The quantitative estimate of drug-likeness (QED) is 0.423. The van der Waals surface area contributed by atoms with Gasteiger partial charge in [0.2, 0.25) is 5.91 Å². The summed E-state index contributed by atoms with van der Waals surface area (Å²) in [6.45, 7) is 6.16. The average Bonchev–Trinajstić information content (AvgIpc) is 2.73. The number of carbonyl (C=O) groups is 1. The number of methoxy groups -OCH3 is 1. The Morgan fingerprint density at radius 3 is 2.48 bits per heavy atom. The van der Waals surface area contributed by atoms with Crippen LogP contribution in [0.25, 0.3) is 0 Å². The summed E-state index contributed by atoms with van der Waals surface area (Å²) in [5.41, 5.74) is 3.07. The van der Waals surface area contributed by atoms with E-state index in [9.17, 15) is 4.79 Å². The average molecular weight is 397 g/mol. The van der Waals surface area contributed by atoms with E-state index >= 15 is 0 Å². The van der Waals surface area contributed by atoms with Crippen LogP contribution in [-0.2, 0) is 17.8 Å². The number of aliphatic imine (C=N–C) groups is 1. The number of benzene rings is 2. The molecule has 2 aromatic rings. The van der Waals surface area contributed by atoms with E-state index < -0.39 is 0 Å². The van der Waals surface area contributed by atoms with Gasteiger partial charge in [-0.15, -0.1) is 0 Å². The zero-order valence-corrected chi connectivity index (χ0v) is 17.6. The number of ether oxygens (including phenoxy) is 1. The van der Waals surface area contributed by atoms with Crippen molar-refractivity contribution in [3.05, 3.63) is 59.7 Å². The van der Waals surface area contributed by atoms with Gasteiger partial charge in [-0.25, -0.2) is 4.99 Å². The number of nitrogens with one attached hydrogen (secondary N) is 3. The standard InChI is InChI=1S/C23H32N4O2/c1-4-8-22(28)27-20-13-11-18(12-14-20)17-26-23(24-5-2)25-16-15-19-9-6-7-10-21(19)29-3/h6-7,9-14H,4-5,8,15-17H2,1-3H3,(H,27,28)(H2,24,25,26). The zero-order chi connectivity index (χ0) is 20.9. The van der Waals surface area contributed by atoms with Crippen molar-refractivity contribution in [1.29, 1.82) is 0 Å². The monoisotopic (exact) mass is 396 g/mol. The Labute approximate surface area is 173 Å². The van der Waals surface area contributed by atoms with E-state index in [0.29, 0.717) is 13.0 Å². The van der Waals surface area contributed by atoms with Crippen molar-refractivity contribution in [2.75, 3.05) is 25.5 Å². The lowest BCUT2D eigenvalue weighted by Gasteiger charge is -2.13. The second-order valence-electron chi connectivity index (χ2n) is 6.68. The molecule has 0 heterocycles. The normalized spacial score (nSPS) is 11.1. The largest absolute Gasteiger partial charge is 0.496 e. The van der Waals surface area contributed by atoms with Crippen LogP contribution in [0.15, 0.2) is 53.5 Å². The van der Waals surface area contributed by atoms with Gasteiger partial charge in [0.05, 0.1) is 13.7 Å². The summed E-state index contributed by atoms with van der Waals surface area (Å²) in [6, 6.07) is 15.9. The summed E-state index contributed by atoms with van der Waals surface area (Å²) in [5, 5.41) is 9.54. The fraction of sp³-hybridized carbons (Fsp3) is 0.391. The molecule has 0 atom stereocenters. The smallest absolute Gasteiger partial charge is 0.224 e. The van der Waals surface area contributed by atoms with Crippen molar-refractivity contribution in [2.24, 2.45) is 4.99 Å². The van der Waals surface area contributed by atoms with Crippen LogP contribution >= 0.6 is 0 Å². The number of rotatable bonds is 10. The number of nitrogens with zero attached hydrogens (tertiary/aromatic N) is 1. The predicted molar refractivity (Wildman–Crippen MR) is 119 cm³/mol. The van der Waals surface area contributed by atoms with Gasteiger partial charge in [-0.05, 0) is 49.1 Å². The molecule has 156 valence electrons. The first-order valence-corrected chi connectivity index (χ1v) is 10.2. The number of para-hydroxylation sites is 1. The lowest BCUT2D eigenvalue weighted by atomic mass is 10.1. The Morgan fingerprint density at radius 1 is 1.03 bits per heavy atom. The summed E-state index contributed by atoms with van der Waals surface area (Å²) < 4.78 is 5.40. The Balaban J connectivity index is 1.88. The van der Waals surface area contributed by atoms with Crippen LogP contribution in [0, 0.1) is 0 Å². The van der Waals surface area contributed by atoms with Gasteiger partial charge < -0.3 is 20.7 Å². The van der Waals surface area contributed by atoms with Crippen LogP contribution in [-0.4, -0.2) is 32.1 Å².